The molecule has 0 aromatic heterocycles. The number of benzene rings is 1. The molecule has 1 aliphatic rings. The summed E-state index contributed by atoms with van der Waals surface area (Å²) in [5, 5.41) is 0.894. The number of hydrogen-bond donors (Lipinski definition) is 0. The highest BCUT2D eigenvalue weighted by molar-refractivity contribution is 6.43. The smallest absolute Gasteiger partial charge is 0.251 e. The summed E-state index contributed by atoms with van der Waals surface area (Å²) in [5.41, 5.74) is 0.740. The topological polar surface area (TPSA) is 3.24 Å². The first kappa shape index (κ1) is 11.9. The molecule has 0 bridgehead atoms. The average Bonchev–Trinajstić information content (AvgIpc) is 2.23. The van der Waals surface area contributed by atoms with Crippen LogP contribution in [0.25, 0.3) is 0 Å². The number of hydrogen-bond acceptors (Lipinski definition) is 1. The van der Waals surface area contributed by atoms with Gasteiger partial charge in [-0.05, 0) is 12.1 Å². The highest BCUT2D eigenvalue weighted by atomic mass is 35.5. The van der Waals surface area contributed by atoms with Crippen LogP contribution >= 0.6 is 23.2 Å². The van der Waals surface area contributed by atoms with Gasteiger partial charge in [0.1, 0.15) is 0 Å². The van der Waals surface area contributed by atoms with Crippen molar-refractivity contribution in [3.8, 4) is 0 Å². The van der Waals surface area contributed by atoms with Gasteiger partial charge in [-0.25, -0.2) is 8.78 Å². The largest absolute Gasteiger partial charge is 0.370 e. The quantitative estimate of drug-likeness (QED) is 0.735. The van der Waals surface area contributed by atoms with Gasteiger partial charge < -0.3 is 4.90 Å². The van der Waals surface area contributed by atoms with Crippen LogP contribution in [0.1, 0.15) is 12.8 Å². The minimum Gasteiger partial charge on any atom is -0.370 e. The van der Waals surface area contributed by atoms with Gasteiger partial charge in [-0.3, -0.25) is 0 Å². The first-order chi connectivity index (χ1) is 7.49. The van der Waals surface area contributed by atoms with E-state index in [0.29, 0.717) is 23.1 Å². The van der Waals surface area contributed by atoms with E-state index < -0.39 is 5.92 Å². The predicted octanol–water partition coefficient (Wildman–Crippen LogP) is 4.23. The van der Waals surface area contributed by atoms with Crippen molar-refractivity contribution >= 4 is 28.9 Å². The predicted molar refractivity (Wildman–Crippen MR) is 62.9 cm³/mol. The van der Waals surface area contributed by atoms with Crippen LogP contribution in [0.15, 0.2) is 18.2 Å². The molecule has 1 saturated heterocycles. The van der Waals surface area contributed by atoms with Crippen molar-refractivity contribution in [1.29, 1.82) is 0 Å². The Kier molecular flexibility index (Phi) is 3.27. The fourth-order valence-corrected chi connectivity index (χ4v) is 2.23. The molecule has 1 nitrogen and oxygen atoms in total. The minimum atomic E-state index is -2.54. The maximum Gasteiger partial charge on any atom is 0.251 e. The van der Waals surface area contributed by atoms with Crippen LogP contribution in [0.2, 0.25) is 10.0 Å². The zero-order valence-corrected chi connectivity index (χ0v) is 10.0. The molecule has 2 rings (SSSR count). The Labute approximate surface area is 103 Å². The van der Waals surface area contributed by atoms with Gasteiger partial charge in [0, 0.05) is 25.9 Å². The van der Waals surface area contributed by atoms with E-state index in [1.54, 1.807) is 18.2 Å². The third kappa shape index (κ3) is 2.41. The Morgan fingerprint density at radius 1 is 1.12 bits per heavy atom. The molecule has 1 aliphatic heterocycles. The van der Waals surface area contributed by atoms with Crippen molar-refractivity contribution in [2.24, 2.45) is 0 Å². The van der Waals surface area contributed by atoms with Crippen LogP contribution < -0.4 is 4.90 Å². The van der Waals surface area contributed by atoms with E-state index in [0.717, 1.165) is 5.69 Å². The second-order valence-electron chi connectivity index (χ2n) is 3.92. The lowest BCUT2D eigenvalue weighted by Gasteiger charge is -2.33. The molecule has 16 heavy (non-hydrogen) atoms. The molecule has 1 aromatic rings. The van der Waals surface area contributed by atoms with E-state index in [1.807, 2.05) is 4.90 Å². The van der Waals surface area contributed by atoms with E-state index in [4.69, 9.17) is 23.2 Å². The van der Waals surface area contributed by atoms with Crippen LogP contribution in [0.3, 0.4) is 0 Å². The van der Waals surface area contributed by atoms with E-state index in [2.05, 4.69) is 0 Å². The molecule has 0 atom stereocenters. The number of anilines is 1. The Hall–Kier alpha value is -0.540. The molecule has 0 aliphatic carbocycles. The van der Waals surface area contributed by atoms with Crippen molar-refractivity contribution in [2.75, 3.05) is 18.0 Å². The summed E-state index contributed by atoms with van der Waals surface area (Å²) in [6.45, 7) is 0.625. The Morgan fingerprint density at radius 3 is 2.38 bits per heavy atom. The summed E-state index contributed by atoms with van der Waals surface area (Å²) < 4.78 is 26.0. The summed E-state index contributed by atoms with van der Waals surface area (Å²) in [7, 11) is 0. The second-order valence-corrected chi connectivity index (χ2v) is 4.70. The lowest BCUT2D eigenvalue weighted by atomic mass is 10.1. The molecule has 0 radical (unpaired) electrons. The van der Waals surface area contributed by atoms with Crippen LogP contribution in [0.4, 0.5) is 14.5 Å². The zero-order chi connectivity index (χ0) is 11.8. The molecule has 0 spiro atoms. The highest BCUT2D eigenvalue weighted by Crippen LogP contribution is 2.36. The number of nitrogens with zero attached hydrogens (tertiary/aromatic N) is 1. The molecule has 0 amide bonds. The first-order valence-corrected chi connectivity index (χ1v) is 5.82. The SMILES string of the molecule is FC1(F)CCN(c2cccc(Cl)c2Cl)CC1. The summed E-state index contributed by atoms with van der Waals surface area (Å²) in [5.74, 6) is -2.54. The van der Waals surface area contributed by atoms with E-state index in [9.17, 15) is 8.78 Å². The third-order valence-corrected chi connectivity index (χ3v) is 3.58. The minimum absolute atomic E-state index is 0.129. The summed E-state index contributed by atoms with van der Waals surface area (Å²) >= 11 is 11.9. The van der Waals surface area contributed by atoms with Crippen molar-refractivity contribution < 1.29 is 8.78 Å². The van der Waals surface area contributed by atoms with Gasteiger partial charge in [-0.2, -0.15) is 0 Å². The van der Waals surface area contributed by atoms with E-state index in [1.165, 1.54) is 0 Å². The molecule has 5 heteroatoms. The van der Waals surface area contributed by atoms with Gasteiger partial charge in [-0.15, -0.1) is 0 Å². The maximum absolute atomic E-state index is 13.0. The summed E-state index contributed by atoms with van der Waals surface area (Å²) in [4.78, 5) is 1.85. The van der Waals surface area contributed by atoms with Crippen molar-refractivity contribution in [2.45, 2.75) is 18.8 Å². The molecule has 0 unspecified atom stereocenters. The molecule has 0 N–H and O–H groups in total. The van der Waals surface area contributed by atoms with Crippen molar-refractivity contribution in [3.05, 3.63) is 28.2 Å². The van der Waals surface area contributed by atoms with Gasteiger partial charge in [0.15, 0.2) is 0 Å². The third-order valence-electron chi connectivity index (χ3n) is 2.77. The van der Waals surface area contributed by atoms with Crippen LogP contribution in [-0.4, -0.2) is 19.0 Å². The Bertz CT molecular complexity index is 386. The van der Waals surface area contributed by atoms with Gasteiger partial charge in [0.05, 0.1) is 15.7 Å². The normalized spacial score (nSPS) is 19.9. The molecule has 1 fully saturated rings. The zero-order valence-electron chi connectivity index (χ0n) is 8.52. The Balaban J connectivity index is 2.17. The molecule has 0 saturated carbocycles. The monoisotopic (exact) mass is 265 g/mol. The molecular weight excluding hydrogens is 255 g/mol. The van der Waals surface area contributed by atoms with Gasteiger partial charge >= 0.3 is 0 Å². The standard InChI is InChI=1S/C11H11Cl2F2N/c12-8-2-1-3-9(10(8)13)16-6-4-11(14,15)5-7-16/h1-3H,4-7H2. The fraction of sp³-hybridized carbons (Fsp3) is 0.455. The lowest BCUT2D eigenvalue weighted by molar-refractivity contribution is -0.0220. The van der Waals surface area contributed by atoms with Crippen LogP contribution in [0, 0.1) is 0 Å². The Morgan fingerprint density at radius 2 is 1.75 bits per heavy atom. The second kappa shape index (κ2) is 4.38. The fourth-order valence-electron chi connectivity index (χ4n) is 1.81. The van der Waals surface area contributed by atoms with E-state index >= 15 is 0 Å². The highest BCUT2D eigenvalue weighted by Gasteiger charge is 2.34. The molecule has 1 heterocycles. The number of alkyl halides is 2. The molecule has 1 aromatic carbocycles. The summed E-state index contributed by atoms with van der Waals surface area (Å²) in [6, 6.07) is 5.26. The average molecular weight is 266 g/mol. The lowest BCUT2D eigenvalue weighted by Crippen LogP contribution is -2.39. The molecule has 88 valence electrons. The van der Waals surface area contributed by atoms with Gasteiger partial charge in [0.2, 0.25) is 0 Å². The maximum atomic E-state index is 13.0. The van der Waals surface area contributed by atoms with E-state index in [-0.39, 0.29) is 12.8 Å². The number of piperidine rings is 1. The van der Waals surface area contributed by atoms with Gasteiger partial charge in [0.25, 0.3) is 5.92 Å². The van der Waals surface area contributed by atoms with Crippen molar-refractivity contribution in [3.63, 3.8) is 0 Å². The number of halogens is 4. The van der Waals surface area contributed by atoms with Crippen molar-refractivity contribution in [1.82, 2.24) is 0 Å². The summed E-state index contributed by atoms with van der Waals surface area (Å²) in [6.07, 6.45) is -0.258. The van der Waals surface area contributed by atoms with Crippen LogP contribution in [-0.2, 0) is 0 Å². The first-order valence-electron chi connectivity index (χ1n) is 5.06. The van der Waals surface area contributed by atoms with Gasteiger partial charge in [-0.1, -0.05) is 29.3 Å². The number of rotatable bonds is 1. The molecular formula is C11H11Cl2F2N. The van der Waals surface area contributed by atoms with Crippen LogP contribution in [0.5, 0.6) is 0 Å².